The molecule has 58 heavy (non-hydrogen) atoms. The van der Waals surface area contributed by atoms with E-state index in [0.29, 0.717) is 41.6 Å². The van der Waals surface area contributed by atoms with E-state index in [1.54, 1.807) is 79.9 Å². The molecule has 5 heterocycles. The maximum atomic E-state index is 14.9. The van der Waals surface area contributed by atoms with E-state index >= 15 is 0 Å². The number of aromatic nitrogens is 5. The molecule has 0 saturated carbocycles. The van der Waals surface area contributed by atoms with Crippen molar-refractivity contribution in [2.24, 2.45) is 5.92 Å². The molecule has 0 spiro atoms. The molecular formula is C42H40N6O8S2. The van der Waals surface area contributed by atoms with Crippen LogP contribution in [0.1, 0.15) is 46.2 Å². The topological polar surface area (TPSA) is 173 Å². The van der Waals surface area contributed by atoms with Gasteiger partial charge in [0.25, 0.3) is 16.7 Å². The van der Waals surface area contributed by atoms with Gasteiger partial charge in [0, 0.05) is 41.3 Å². The van der Waals surface area contributed by atoms with Crippen LogP contribution in [0, 0.1) is 15.5 Å². The Hall–Kier alpha value is -6.23. The van der Waals surface area contributed by atoms with Crippen LogP contribution < -0.4 is 40.9 Å². The number of para-hydroxylation sites is 4. The average Bonchev–Trinajstić information content (AvgIpc) is 3.20. The number of rotatable bonds is 10. The van der Waals surface area contributed by atoms with E-state index in [9.17, 15) is 24.6 Å². The van der Waals surface area contributed by atoms with Gasteiger partial charge in [-0.2, -0.15) is 0 Å². The molecule has 4 unspecified atom stereocenters. The Balaban J connectivity index is 1.34. The van der Waals surface area contributed by atoms with E-state index < -0.39 is 28.8 Å². The highest BCUT2D eigenvalue weighted by atomic mass is 32.1. The average molecular weight is 821 g/mol. The molecule has 2 aliphatic heterocycles. The molecule has 1 fully saturated rings. The van der Waals surface area contributed by atoms with E-state index in [1.165, 1.54) is 23.7 Å². The number of likely N-dealkylation sites (tertiary alicyclic amines) is 1. The fourth-order valence-electron chi connectivity index (χ4n) is 8.78. The van der Waals surface area contributed by atoms with Gasteiger partial charge >= 0.3 is 0 Å². The monoisotopic (exact) mass is 820 g/mol. The van der Waals surface area contributed by atoms with Crippen LogP contribution in [0.15, 0.2) is 99.3 Å². The normalized spacial score (nSPS) is 17.6. The van der Waals surface area contributed by atoms with Gasteiger partial charge in [0.05, 0.1) is 57.3 Å². The number of piperidine rings is 1. The zero-order chi connectivity index (χ0) is 40.8. The molecular weight excluding hydrogens is 781 g/mol. The van der Waals surface area contributed by atoms with Crippen LogP contribution in [0.5, 0.6) is 29.0 Å². The molecule has 3 aromatic heterocycles. The number of hydrogen-bond acceptors (Lipinski definition) is 10. The summed E-state index contributed by atoms with van der Waals surface area (Å²) in [7, 11) is 4.47. The molecule has 298 valence electrons. The Morgan fingerprint density at radius 2 is 1.41 bits per heavy atom. The Labute approximate surface area is 341 Å². The number of nitrogens with zero attached hydrogens (tertiary/aromatic N) is 3. The Bertz CT molecular complexity index is 2760. The molecule has 0 amide bonds. The maximum absolute atomic E-state index is 14.9. The van der Waals surface area contributed by atoms with Gasteiger partial charge in [-0.05, 0) is 84.8 Å². The Morgan fingerprint density at radius 1 is 0.793 bits per heavy atom. The van der Waals surface area contributed by atoms with Crippen molar-refractivity contribution in [1.29, 1.82) is 0 Å². The number of fused-ring (bicyclic) bond motifs is 4. The highest BCUT2D eigenvalue weighted by molar-refractivity contribution is 7.71. The van der Waals surface area contributed by atoms with Crippen molar-refractivity contribution < 1.29 is 29.3 Å². The van der Waals surface area contributed by atoms with E-state index in [2.05, 4.69) is 9.97 Å². The second-order valence-corrected chi connectivity index (χ2v) is 15.3. The van der Waals surface area contributed by atoms with Crippen molar-refractivity contribution in [3.8, 4) is 40.4 Å². The summed E-state index contributed by atoms with van der Waals surface area (Å²) in [5.74, 6) is -1.22. The van der Waals surface area contributed by atoms with Crippen molar-refractivity contribution in [3.05, 3.63) is 153 Å². The third kappa shape index (κ3) is 6.72. The van der Waals surface area contributed by atoms with Crippen LogP contribution in [-0.2, 0) is 13.1 Å². The largest absolute Gasteiger partial charge is 0.859 e. The lowest BCUT2D eigenvalue weighted by Crippen LogP contribution is -3.13. The third-order valence-electron chi connectivity index (χ3n) is 11.2. The van der Waals surface area contributed by atoms with E-state index in [-0.39, 0.29) is 43.8 Å². The summed E-state index contributed by atoms with van der Waals surface area (Å²) < 4.78 is 20.9. The van der Waals surface area contributed by atoms with E-state index in [4.69, 9.17) is 38.6 Å². The predicted molar refractivity (Wildman–Crippen MR) is 219 cm³/mol. The van der Waals surface area contributed by atoms with Gasteiger partial charge < -0.3 is 33.9 Å². The van der Waals surface area contributed by atoms with Crippen LogP contribution >= 0.6 is 24.4 Å². The summed E-state index contributed by atoms with van der Waals surface area (Å²) in [5.41, 5.74) is 0.337. The van der Waals surface area contributed by atoms with Crippen LogP contribution in [0.25, 0.3) is 11.4 Å². The molecule has 8 rings (SSSR count). The minimum Gasteiger partial charge on any atom is -0.859 e. The molecule has 2 bridgehead atoms. The zero-order valence-corrected chi connectivity index (χ0v) is 33.4. The number of quaternary nitrogens is 1. The lowest BCUT2D eigenvalue weighted by Gasteiger charge is -2.40. The number of ether oxygens (including phenoxy) is 3. The molecule has 0 radical (unpaired) electrons. The van der Waals surface area contributed by atoms with Crippen molar-refractivity contribution in [3.63, 3.8) is 0 Å². The fraction of sp³-hybridized carbons (Fsp3) is 0.262. The molecule has 4 N–H and O–H groups in total. The lowest BCUT2D eigenvalue weighted by molar-refractivity contribution is -0.924. The predicted octanol–water partition coefficient (Wildman–Crippen LogP) is 3.45. The third-order valence-corrected chi connectivity index (χ3v) is 11.8. The van der Waals surface area contributed by atoms with Gasteiger partial charge in [0.1, 0.15) is 23.8 Å². The SMILES string of the molecule is COc1ccc(C(c2c([O-])n(-c3ccccc3OC)c(=S)[nH]c2=O)c2c(O)n(-c3ccccc3OC)c(=S)[nH]c2=O)cc1C[NH+]1CC2CC(C1)c1cccc(=O)n1C2. The van der Waals surface area contributed by atoms with Gasteiger partial charge in [-0.1, -0.05) is 36.4 Å². The van der Waals surface area contributed by atoms with Crippen molar-refractivity contribution in [2.75, 3.05) is 34.4 Å². The Kier molecular flexibility index (Phi) is 10.4. The van der Waals surface area contributed by atoms with Crippen LogP contribution in [0.4, 0.5) is 0 Å². The maximum Gasteiger partial charge on any atom is 0.259 e. The summed E-state index contributed by atoms with van der Waals surface area (Å²) >= 11 is 11.1. The van der Waals surface area contributed by atoms with Crippen molar-refractivity contribution >= 4 is 24.4 Å². The fourth-order valence-corrected chi connectivity index (χ4v) is 9.33. The summed E-state index contributed by atoms with van der Waals surface area (Å²) in [4.78, 5) is 47.8. The second kappa shape index (κ2) is 15.6. The van der Waals surface area contributed by atoms with E-state index in [1.807, 2.05) is 16.7 Å². The smallest absolute Gasteiger partial charge is 0.259 e. The molecule has 2 aliphatic rings. The second-order valence-electron chi connectivity index (χ2n) is 14.5. The number of hydrogen-bond donors (Lipinski definition) is 4. The number of benzene rings is 3. The highest BCUT2D eigenvalue weighted by Gasteiger charge is 2.38. The minimum absolute atomic E-state index is 0.00855. The number of aromatic hydroxyl groups is 1. The summed E-state index contributed by atoms with van der Waals surface area (Å²) in [6.45, 7) is 2.70. The summed E-state index contributed by atoms with van der Waals surface area (Å²) in [6.07, 6.45) is 0.986. The number of nitrogens with one attached hydrogen (secondary N) is 3. The number of aromatic amines is 2. The first-order valence-corrected chi connectivity index (χ1v) is 19.5. The van der Waals surface area contributed by atoms with Crippen LogP contribution in [-0.4, -0.2) is 63.2 Å². The van der Waals surface area contributed by atoms with Gasteiger partial charge in [-0.15, -0.1) is 0 Å². The Morgan fingerprint density at radius 3 is 2.09 bits per heavy atom. The number of methoxy groups -OCH3 is 3. The molecule has 4 atom stereocenters. The van der Waals surface area contributed by atoms with Gasteiger partial charge in [-0.25, -0.2) is 0 Å². The molecule has 0 aliphatic carbocycles. The first kappa shape index (κ1) is 38.6. The van der Waals surface area contributed by atoms with Crippen molar-refractivity contribution in [2.45, 2.75) is 31.3 Å². The standard InChI is InChI=1S/C42H40N6O8S2/c1-54-30-16-15-24(18-26(30)22-45-19-23-17-25(21-45)27-11-8-14-33(49)46(27)20-23)34(35-37(50)43-41(57)47(39(35)52)28-9-4-6-12-31(28)55-2)36-38(51)44-42(58)48(40(36)53)29-10-5-7-13-32(29)56-3/h4-16,18,23,25,34,52-53H,17,19-22H2,1-3H3,(H,43,50,57)(H,44,51,58). The molecule has 3 aromatic carbocycles. The summed E-state index contributed by atoms with van der Waals surface area (Å²) in [5, 5.41) is 27.2. The first-order chi connectivity index (χ1) is 28.0. The van der Waals surface area contributed by atoms with Gasteiger partial charge in [0.2, 0.25) is 5.88 Å². The van der Waals surface area contributed by atoms with Crippen LogP contribution in [0.3, 0.4) is 0 Å². The number of H-pyrrole nitrogens is 2. The number of pyridine rings is 1. The molecule has 1 saturated heterocycles. The molecule has 6 aromatic rings. The van der Waals surface area contributed by atoms with Gasteiger partial charge in [-0.3, -0.25) is 33.5 Å². The molecule has 14 nitrogen and oxygen atoms in total. The van der Waals surface area contributed by atoms with Crippen LogP contribution in [0.2, 0.25) is 0 Å². The lowest BCUT2D eigenvalue weighted by atomic mass is 9.82. The first-order valence-electron chi connectivity index (χ1n) is 18.6. The van der Waals surface area contributed by atoms with Gasteiger partial charge in [0.15, 0.2) is 9.54 Å². The highest BCUT2D eigenvalue weighted by Crippen LogP contribution is 2.40. The quantitative estimate of drug-likeness (QED) is 0.150. The molecule has 16 heteroatoms. The minimum atomic E-state index is -1.47. The zero-order valence-electron chi connectivity index (χ0n) is 31.8. The van der Waals surface area contributed by atoms with Crippen molar-refractivity contribution in [1.82, 2.24) is 23.7 Å². The summed E-state index contributed by atoms with van der Waals surface area (Å²) in [6, 6.07) is 24.1. The van der Waals surface area contributed by atoms with E-state index in [0.717, 1.165) is 35.3 Å².